The van der Waals surface area contributed by atoms with Crippen molar-refractivity contribution in [3.63, 3.8) is 0 Å². The fourth-order valence-electron chi connectivity index (χ4n) is 3.99. The van der Waals surface area contributed by atoms with Gasteiger partial charge in [-0.05, 0) is 45.4 Å². The summed E-state index contributed by atoms with van der Waals surface area (Å²) in [6.07, 6.45) is 5.90. The molecule has 3 aliphatic rings. The number of halogens is 1. The van der Waals surface area contributed by atoms with Crippen LogP contribution in [0.2, 0.25) is 0 Å². The average Bonchev–Trinajstić information content (AvgIpc) is 2.72. The normalized spacial score (nSPS) is 40.3. The molecule has 0 aromatic carbocycles. The van der Waals surface area contributed by atoms with Crippen molar-refractivity contribution < 1.29 is 9.53 Å². The molecule has 3 saturated heterocycles. The predicted octanol–water partition coefficient (Wildman–Crippen LogP) is 1.96. The second kappa shape index (κ2) is 6.63. The summed E-state index contributed by atoms with van der Waals surface area (Å²) in [4.78, 5) is 14.5. The SMILES string of the molecule is CC1OCCN(C(=O)CC2CC3CCC(C2)N3)C1C.Cl. The quantitative estimate of drug-likeness (QED) is 0.848. The highest BCUT2D eigenvalue weighted by Gasteiger charge is 2.36. The molecule has 5 heteroatoms. The van der Waals surface area contributed by atoms with Gasteiger partial charge in [0, 0.05) is 25.0 Å². The molecule has 0 spiro atoms. The Balaban J connectivity index is 0.00000147. The van der Waals surface area contributed by atoms with Gasteiger partial charge in [0.1, 0.15) is 0 Å². The minimum absolute atomic E-state index is 0. The molecule has 3 aliphatic heterocycles. The highest BCUT2D eigenvalue weighted by Crippen LogP contribution is 2.33. The van der Waals surface area contributed by atoms with Gasteiger partial charge in [-0.15, -0.1) is 12.4 Å². The number of morpholine rings is 1. The van der Waals surface area contributed by atoms with Crippen LogP contribution in [0.1, 0.15) is 46.0 Å². The Morgan fingerprint density at radius 2 is 1.90 bits per heavy atom. The van der Waals surface area contributed by atoms with Crippen LogP contribution in [-0.2, 0) is 9.53 Å². The van der Waals surface area contributed by atoms with Gasteiger partial charge in [0.15, 0.2) is 0 Å². The zero-order chi connectivity index (χ0) is 13.4. The molecule has 2 bridgehead atoms. The van der Waals surface area contributed by atoms with Crippen LogP contribution in [0.15, 0.2) is 0 Å². The van der Waals surface area contributed by atoms with E-state index in [0.717, 1.165) is 13.0 Å². The predicted molar refractivity (Wildman–Crippen MR) is 81.1 cm³/mol. The Hall–Kier alpha value is -0.320. The van der Waals surface area contributed by atoms with Gasteiger partial charge >= 0.3 is 0 Å². The monoisotopic (exact) mass is 302 g/mol. The molecule has 3 rings (SSSR count). The molecule has 116 valence electrons. The summed E-state index contributed by atoms with van der Waals surface area (Å²) >= 11 is 0. The number of carbonyl (C=O) groups is 1. The maximum atomic E-state index is 12.5. The Bertz CT molecular complexity index is 341. The van der Waals surface area contributed by atoms with E-state index >= 15 is 0 Å². The molecule has 1 N–H and O–H groups in total. The lowest BCUT2D eigenvalue weighted by Gasteiger charge is -2.39. The van der Waals surface area contributed by atoms with Gasteiger partial charge in [-0.3, -0.25) is 4.79 Å². The summed E-state index contributed by atoms with van der Waals surface area (Å²) in [7, 11) is 0. The first kappa shape index (κ1) is 16.1. The number of hydrogen-bond donors (Lipinski definition) is 1. The molecule has 0 aromatic rings. The molecule has 0 saturated carbocycles. The lowest BCUT2D eigenvalue weighted by molar-refractivity contribution is -0.145. The summed E-state index contributed by atoms with van der Waals surface area (Å²) in [5.41, 5.74) is 0. The molecule has 4 nitrogen and oxygen atoms in total. The smallest absolute Gasteiger partial charge is 0.223 e. The molecule has 1 amide bonds. The number of nitrogens with one attached hydrogen (secondary N) is 1. The zero-order valence-corrected chi connectivity index (χ0v) is 13.3. The highest BCUT2D eigenvalue weighted by molar-refractivity contribution is 5.85. The molecule has 20 heavy (non-hydrogen) atoms. The third kappa shape index (κ3) is 3.29. The molecule has 3 fully saturated rings. The number of amides is 1. The lowest BCUT2D eigenvalue weighted by Crippen LogP contribution is -2.52. The highest BCUT2D eigenvalue weighted by atomic mass is 35.5. The number of carbonyl (C=O) groups excluding carboxylic acids is 1. The van der Waals surface area contributed by atoms with E-state index in [4.69, 9.17) is 4.74 Å². The fourth-order valence-corrected chi connectivity index (χ4v) is 3.99. The zero-order valence-electron chi connectivity index (χ0n) is 12.5. The van der Waals surface area contributed by atoms with E-state index in [0.29, 0.717) is 30.5 Å². The molecule has 3 heterocycles. The van der Waals surface area contributed by atoms with Crippen LogP contribution in [0.25, 0.3) is 0 Å². The van der Waals surface area contributed by atoms with E-state index in [1.54, 1.807) is 0 Å². The number of fused-ring (bicyclic) bond motifs is 2. The van der Waals surface area contributed by atoms with Crippen molar-refractivity contribution in [1.29, 1.82) is 0 Å². The fraction of sp³-hybridized carbons (Fsp3) is 0.933. The van der Waals surface area contributed by atoms with Crippen LogP contribution in [0, 0.1) is 5.92 Å². The molecule has 0 radical (unpaired) electrons. The van der Waals surface area contributed by atoms with Gasteiger partial charge in [0.05, 0.1) is 18.8 Å². The van der Waals surface area contributed by atoms with E-state index in [1.807, 2.05) is 4.90 Å². The number of nitrogens with zero attached hydrogens (tertiary/aromatic N) is 1. The third-order valence-corrected chi connectivity index (χ3v) is 5.24. The first-order valence-corrected chi connectivity index (χ1v) is 7.80. The maximum absolute atomic E-state index is 12.5. The summed E-state index contributed by atoms with van der Waals surface area (Å²) in [6, 6.07) is 1.58. The van der Waals surface area contributed by atoms with Crippen molar-refractivity contribution in [2.75, 3.05) is 13.2 Å². The number of ether oxygens (including phenoxy) is 1. The minimum atomic E-state index is 0. The molecule has 0 aromatic heterocycles. The topological polar surface area (TPSA) is 41.6 Å². The first-order chi connectivity index (χ1) is 9.13. The standard InChI is InChI=1S/C15H26N2O2.ClH/c1-10-11(2)19-6-5-17(10)15(18)9-12-7-13-3-4-14(8-12)16-13;/h10-14,16H,3-9H2,1-2H3;1H. The molecular weight excluding hydrogens is 276 g/mol. The summed E-state index contributed by atoms with van der Waals surface area (Å²) in [5, 5.41) is 3.64. The largest absolute Gasteiger partial charge is 0.375 e. The number of rotatable bonds is 2. The number of piperidine rings is 1. The molecule has 0 aliphatic carbocycles. The van der Waals surface area contributed by atoms with Gasteiger partial charge in [0.25, 0.3) is 0 Å². The van der Waals surface area contributed by atoms with Crippen LogP contribution in [0.4, 0.5) is 0 Å². The van der Waals surface area contributed by atoms with E-state index < -0.39 is 0 Å². The summed E-state index contributed by atoms with van der Waals surface area (Å²) < 4.78 is 5.60. The van der Waals surface area contributed by atoms with Crippen molar-refractivity contribution in [3.05, 3.63) is 0 Å². The average molecular weight is 303 g/mol. The Labute approximate surface area is 128 Å². The second-order valence-electron chi connectivity index (χ2n) is 6.58. The molecular formula is C15H27ClN2O2. The van der Waals surface area contributed by atoms with Crippen molar-refractivity contribution in [2.24, 2.45) is 5.92 Å². The van der Waals surface area contributed by atoms with Crippen molar-refractivity contribution in [1.82, 2.24) is 10.2 Å². The first-order valence-electron chi connectivity index (χ1n) is 7.80. The van der Waals surface area contributed by atoms with Gasteiger partial charge in [-0.2, -0.15) is 0 Å². The van der Waals surface area contributed by atoms with Gasteiger partial charge < -0.3 is 15.0 Å². The Kier molecular flexibility index (Phi) is 5.32. The molecule has 4 unspecified atom stereocenters. The van der Waals surface area contributed by atoms with Gasteiger partial charge in [-0.25, -0.2) is 0 Å². The van der Waals surface area contributed by atoms with E-state index in [2.05, 4.69) is 19.2 Å². The van der Waals surface area contributed by atoms with Crippen LogP contribution in [0.3, 0.4) is 0 Å². The van der Waals surface area contributed by atoms with Gasteiger partial charge in [-0.1, -0.05) is 0 Å². The van der Waals surface area contributed by atoms with Gasteiger partial charge in [0.2, 0.25) is 5.91 Å². The maximum Gasteiger partial charge on any atom is 0.223 e. The number of hydrogen-bond acceptors (Lipinski definition) is 3. The Morgan fingerprint density at radius 3 is 2.55 bits per heavy atom. The van der Waals surface area contributed by atoms with E-state index in [1.165, 1.54) is 25.7 Å². The van der Waals surface area contributed by atoms with Crippen LogP contribution in [-0.4, -0.2) is 48.2 Å². The van der Waals surface area contributed by atoms with E-state index in [-0.39, 0.29) is 24.6 Å². The minimum Gasteiger partial charge on any atom is -0.375 e. The van der Waals surface area contributed by atoms with Crippen LogP contribution >= 0.6 is 12.4 Å². The second-order valence-corrected chi connectivity index (χ2v) is 6.58. The van der Waals surface area contributed by atoms with Crippen LogP contribution < -0.4 is 5.32 Å². The van der Waals surface area contributed by atoms with E-state index in [9.17, 15) is 4.79 Å². The summed E-state index contributed by atoms with van der Waals surface area (Å²) in [6.45, 7) is 5.62. The van der Waals surface area contributed by atoms with Crippen molar-refractivity contribution in [3.8, 4) is 0 Å². The third-order valence-electron chi connectivity index (χ3n) is 5.24. The van der Waals surface area contributed by atoms with Crippen molar-refractivity contribution >= 4 is 18.3 Å². The lowest BCUT2D eigenvalue weighted by atomic mass is 9.89. The Morgan fingerprint density at radius 1 is 1.25 bits per heavy atom. The summed E-state index contributed by atoms with van der Waals surface area (Å²) in [5.74, 6) is 0.936. The molecule has 4 atom stereocenters. The van der Waals surface area contributed by atoms with Crippen molar-refractivity contribution in [2.45, 2.75) is 70.2 Å². The van der Waals surface area contributed by atoms with Crippen LogP contribution in [0.5, 0.6) is 0 Å².